The van der Waals surface area contributed by atoms with Gasteiger partial charge in [-0.15, -0.1) is 0 Å². The molecule has 2 amide bonds. The lowest BCUT2D eigenvalue weighted by molar-refractivity contribution is -0.143. The third kappa shape index (κ3) is 4.51. The van der Waals surface area contributed by atoms with Crippen LogP contribution in [0.3, 0.4) is 0 Å². The SMILES string of the molecule is COc1ccc(-c2nn(-c3ccccc3)cc2/C=C2/C(=O)N(C3CCCC3)C(=O)C(C#N)=C2C)cc1Br. The molecule has 3 aromatic rings. The molecular formula is C29H25BrN4O3. The molecule has 0 N–H and O–H groups in total. The maximum absolute atomic E-state index is 13.7. The van der Waals surface area contributed by atoms with E-state index in [-0.39, 0.29) is 17.5 Å². The normalized spacial score (nSPS) is 17.6. The quantitative estimate of drug-likeness (QED) is 0.290. The van der Waals surface area contributed by atoms with Crippen LogP contribution >= 0.6 is 15.9 Å². The number of nitrogens with zero attached hydrogens (tertiary/aromatic N) is 4. The third-order valence-electron chi connectivity index (χ3n) is 6.95. The van der Waals surface area contributed by atoms with Crippen LogP contribution in [0.5, 0.6) is 5.75 Å². The van der Waals surface area contributed by atoms with Crippen LogP contribution in [0.2, 0.25) is 0 Å². The number of benzene rings is 2. The van der Waals surface area contributed by atoms with E-state index in [4.69, 9.17) is 9.84 Å². The maximum Gasteiger partial charge on any atom is 0.271 e. The molecular weight excluding hydrogens is 532 g/mol. The molecule has 0 spiro atoms. The van der Waals surface area contributed by atoms with Gasteiger partial charge in [0.25, 0.3) is 11.8 Å². The van der Waals surface area contributed by atoms with Crippen LogP contribution in [0.1, 0.15) is 38.2 Å². The summed E-state index contributed by atoms with van der Waals surface area (Å²) in [5.41, 5.74) is 3.78. The fraction of sp³-hybridized carbons (Fsp3) is 0.241. The van der Waals surface area contributed by atoms with E-state index in [1.54, 1.807) is 24.8 Å². The molecule has 2 aromatic carbocycles. The van der Waals surface area contributed by atoms with Crippen molar-refractivity contribution in [1.82, 2.24) is 14.7 Å². The van der Waals surface area contributed by atoms with Crippen molar-refractivity contribution in [3.8, 4) is 28.8 Å². The number of para-hydroxylation sites is 1. The van der Waals surface area contributed by atoms with Crippen molar-refractivity contribution in [2.24, 2.45) is 0 Å². The Hall–Kier alpha value is -3.96. The number of carbonyl (C=O) groups excluding carboxylic acids is 2. The molecule has 0 radical (unpaired) electrons. The Bertz CT molecular complexity index is 1490. The Kier molecular flexibility index (Phi) is 6.81. The van der Waals surface area contributed by atoms with Crippen molar-refractivity contribution < 1.29 is 14.3 Å². The molecule has 1 aromatic heterocycles. The first-order chi connectivity index (χ1) is 17.9. The molecule has 0 saturated heterocycles. The fourth-order valence-electron chi connectivity index (χ4n) is 4.99. The molecule has 8 heteroatoms. The van der Waals surface area contributed by atoms with Crippen LogP contribution in [-0.4, -0.2) is 39.6 Å². The second-order valence-electron chi connectivity index (χ2n) is 9.15. The molecule has 2 aliphatic rings. The van der Waals surface area contributed by atoms with Crippen LogP contribution in [0.15, 0.2) is 75.9 Å². The number of aromatic nitrogens is 2. The number of rotatable bonds is 5. The largest absolute Gasteiger partial charge is 0.496 e. The van der Waals surface area contributed by atoms with Crippen LogP contribution in [0.4, 0.5) is 0 Å². The van der Waals surface area contributed by atoms with Crippen molar-refractivity contribution >= 4 is 33.8 Å². The van der Waals surface area contributed by atoms with Crippen LogP contribution in [0.25, 0.3) is 23.0 Å². The topological polar surface area (TPSA) is 88.2 Å². The lowest BCUT2D eigenvalue weighted by atomic mass is 9.92. The number of nitriles is 1. The van der Waals surface area contributed by atoms with Gasteiger partial charge in [0.1, 0.15) is 23.1 Å². The molecule has 2 heterocycles. The van der Waals surface area contributed by atoms with Crippen molar-refractivity contribution in [1.29, 1.82) is 5.26 Å². The Morgan fingerprint density at radius 1 is 1.11 bits per heavy atom. The Morgan fingerprint density at radius 2 is 1.84 bits per heavy atom. The zero-order chi connectivity index (χ0) is 26.1. The smallest absolute Gasteiger partial charge is 0.271 e. The first-order valence-corrected chi connectivity index (χ1v) is 12.9. The summed E-state index contributed by atoms with van der Waals surface area (Å²) >= 11 is 3.55. The highest BCUT2D eigenvalue weighted by Crippen LogP contribution is 2.36. The van der Waals surface area contributed by atoms with Crippen LogP contribution in [0, 0.1) is 11.3 Å². The number of hydrogen-bond acceptors (Lipinski definition) is 5. The maximum atomic E-state index is 13.7. The summed E-state index contributed by atoms with van der Waals surface area (Å²) in [5, 5.41) is 14.7. The van der Waals surface area contributed by atoms with E-state index >= 15 is 0 Å². The number of hydrogen-bond donors (Lipinski definition) is 0. The van der Waals surface area contributed by atoms with Gasteiger partial charge in [-0.2, -0.15) is 10.4 Å². The third-order valence-corrected chi connectivity index (χ3v) is 7.57. The molecule has 0 atom stereocenters. The minimum atomic E-state index is -0.492. The molecule has 5 rings (SSSR count). The van der Waals surface area contributed by atoms with Gasteiger partial charge < -0.3 is 4.74 Å². The zero-order valence-electron chi connectivity index (χ0n) is 20.6. The number of ether oxygens (including phenoxy) is 1. The van der Waals surface area contributed by atoms with Gasteiger partial charge in [-0.25, -0.2) is 4.68 Å². The second kappa shape index (κ2) is 10.2. The molecule has 1 fully saturated rings. The predicted octanol–water partition coefficient (Wildman–Crippen LogP) is 5.85. The number of amides is 2. The van der Waals surface area contributed by atoms with Gasteiger partial charge in [0.05, 0.1) is 17.3 Å². The van der Waals surface area contributed by atoms with E-state index in [2.05, 4.69) is 15.9 Å². The van der Waals surface area contributed by atoms with E-state index in [1.165, 1.54) is 4.90 Å². The van der Waals surface area contributed by atoms with Crippen LogP contribution < -0.4 is 4.74 Å². The molecule has 37 heavy (non-hydrogen) atoms. The first kappa shape index (κ1) is 24.7. The van der Waals surface area contributed by atoms with Gasteiger partial charge in [0.15, 0.2) is 0 Å². The van der Waals surface area contributed by atoms with E-state index < -0.39 is 5.91 Å². The lowest BCUT2D eigenvalue weighted by Crippen LogP contribution is -2.47. The van der Waals surface area contributed by atoms with Crippen molar-refractivity contribution in [2.75, 3.05) is 7.11 Å². The number of carbonyl (C=O) groups is 2. The number of imide groups is 1. The van der Waals surface area contributed by atoms with Gasteiger partial charge >= 0.3 is 0 Å². The van der Waals surface area contributed by atoms with Crippen molar-refractivity contribution in [3.63, 3.8) is 0 Å². The van der Waals surface area contributed by atoms with Crippen molar-refractivity contribution in [3.05, 3.63) is 81.5 Å². The van der Waals surface area contributed by atoms with Crippen LogP contribution in [-0.2, 0) is 9.59 Å². The highest BCUT2D eigenvalue weighted by molar-refractivity contribution is 9.10. The molecule has 1 aliphatic carbocycles. The number of methoxy groups -OCH3 is 1. The van der Waals surface area contributed by atoms with E-state index in [1.807, 2.05) is 60.8 Å². The summed E-state index contributed by atoms with van der Waals surface area (Å²) in [7, 11) is 1.60. The van der Waals surface area contributed by atoms with Crippen molar-refractivity contribution in [2.45, 2.75) is 38.6 Å². The summed E-state index contributed by atoms with van der Waals surface area (Å²) < 4.78 is 7.92. The summed E-state index contributed by atoms with van der Waals surface area (Å²) in [4.78, 5) is 28.1. The second-order valence-corrected chi connectivity index (χ2v) is 10.0. The average Bonchev–Trinajstić information content (AvgIpc) is 3.58. The lowest BCUT2D eigenvalue weighted by Gasteiger charge is -2.32. The zero-order valence-corrected chi connectivity index (χ0v) is 22.2. The monoisotopic (exact) mass is 556 g/mol. The fourth-order valence-corrected chi connectivity index (χ4v) is 5.53. The minimum absolute atomic E-state index is 0.0157. The van der Waals surface area contributed by atoms with Gasteiger partial charge in [0.2, 0.25) is 0 Å². The molecule has 0 bridgehead atoms. The van der Waals surface area contributed by atoms with Gasteiger partial charge in [-0.3, -0.25) is 14.5 Å². The number of halogens is 1. The highest BCUT2D eigenvalue weighted by atomic mass is 79.9. The van der Waals surface area contributed by atoms with E-state index in [9.17, 15) is 14.9 Å². The summed E-state index contributed by atoms with van der Waals surface area (Å²) in [6.45, 7) is 1.66. The molecule has 1 aliphatic heterocycles. The summed E-state index contributed by atoms with van der Waals surface area (Å²) in [6.07, 6.45) is 7.07. The van der Waals surface area contributed by atoms with Gasteiger partial charge in [0, 0.05) is 28.9 Å². The van der Waals surface area contributed by atoms with Gasteiger partial charge in [-0.1, -0.05) is 31.0 Å². The Morgan fingerprint density at radius 3 is 2.49 bits per heavy atom. The van der Waals surface area contributed by atoms with E-state index in [0.717, 1.165) is 41.4 Å². The molecule has 1 saturated carbocycles. The molecule has 186 valence electrons. The minimum Gasteiger partial charge on any atom is -0.496 e. The molecule has 7 nitrogen and oxygen atoms in total. The molecule has 0 unspecified atom stereocenters. The Balaban J connectivity index is 1.69. The van der Waals surface area contributed by atoms with Gasteiger partial charge in [-0.05, 0) is 77.7 Å². The van der Waals surface area contributed by atoms with E-state index in [0.29, 0.717) is 28.2 Å². The summed E-state index contributed by atoms with van der Waals surface area (Å²) in [6, 6.07) is 17.2. The highest BCUT2D eigenvalue weighted by Gasteiger charge is 2.40. The first-order valence-electron chi connectivity index (χ1n) is 12.1. The predicted molar refractivity (Wildman–Crippen MR) is 144 cm³/mol. The standard InChI is InChI=1S/C29H25BrN4O3/c1-18-23(28(35)34(22-10-6-7-11-22)29(36)24(18)16-31)14-20-17-33(21-8-4-3-5-9-21)32-27(20)19-12-13-26(37-2)25(30)15-19/h3-5,8-9,12-15,17,22H,6-7,10-11H2,1-2H3/b23-14+. The Labute approximate surface area is 223 Å². The summed E-state index contributed by atoms with van der Waals surface area (Å²) in [5.74, 6) is -0.159. The average molecular weight is 557 g/mol.